The summed E-state index contributed by atoms with van der Waals surface area (Å²) in [5.41, 5.74) is 5.79. The second kappa shape index (κ2) is 7.00. The Morgan fingerprint density at radius 3 is 2.12 bits per heavy atom. The van der Waals surface area contributed by atoms with Crippen molar-refractivity contribution in [3.63, 3.8) is 0 Å². The van der Waals surface area contributed by atoms with E-state index < -0.39 is 0 Å². The number of carbonyl (C=O) groups excluding carboxylic acids is 1. The number of hydrogen-bond acceptors (Lipinski definition) is 2. The van der Waals surface area contributed by atoms with E-state index in [2.05, 4.69) is 46.9 Å². The van der Waals surface area contributed by atoms with Crippen LogP contribution in [0.2, 0.25) is 0 Å². The summed E-state index contributed by atoms with van der Waals surface area (Å²) in [5, 5.41) is 3.04. The average Bonchev–Trinajstić information content (AvgIpc) is 2.22. The number of amides is 1. The summed E-state index contributed by atoms with van der Waals surface area (Å²) in [6, 6.07) is 0. The summed E-state index contributed by atoms with van der Waals surface area (Å²) in [6.45, 7) is 14.1. The molecule has 0 aromatic carbocycles. The summed E-state index contributed by atoms with van der Waals surface area (Å²) < 4.78 is 0. The van der Waals surface area contributed by atoms with E-state index in [1.165, 1.54) is 0 Å². The fourth-order valence-electron chi connectivity index (χ4n) is 1.54. The van der Waals surface area contributed by atoms with Gasteiger partial charge in [0.15, 0.2) is 0 Å². The van der Waals surface area contributed by atoms with Crippen LogP contribution >= 0.6 is 0 Å². The van der Waals surface area contributed by atoms with E-state index >= 15 is 0 Å². The molecule has 102 valence electrons. The van der Waals surface area contributed by atoms with Crippen molar-refractivity contribution in [2.75, 3.05) is 13.1 Å². The molecule has 1 atom stereocenters. The Balaban J connectivity index is 4.24. The van der Waals surface area contributed by atoms with Crippen molar-refractivity contribution < 1.29 is 4.79 Å². The zero-order chi connectivity index (χ0) is 13.6. The molecule has 0 spiro atoms. The Bertz CT molecular complexity index is 234. The van der Waals surface area contributed by atoms with Crippen LogP contribution in [0.1, 0.15) is 48.0 Å². The van der Waals surface area contributed by atoms with E-state index in [4.69, 9.17) is 5.73 Å². The quantitative estimate of drug-likeness (QED) is 0.720. The first-order valence-corrected chi connectivity index (χ1v) is 6.68. The fourth-order valence-corrected chi connectivity index (χ4v) is 1.54. The molecule has 3 nitrogen and oxygen atoms in total. The number of nitrogens with two attached hydrogens (primary N) is 1. The topological polar surface area (TPSA) is 55.1 Å². The molecule has 0 rings (SSSR count). The predicted octanol–water partition coefficient (Wildman–Crippen LogP) is 2.41. The molecule has 0 saturated carbocycles. The SMILES string of the molecule is CC(C)CC(CN)C(=O)NCC(C)(C)C(C)C. The van der Waals surface area contributed by atoms with Crippen molar-refractivity contribution in [1.29, 1.82) is 0 Å². The lowest BCUT2D eigenvalue weighted by atomic mass is 9.81. The molecule has 17 heavy (non-hydrogen) atoms. The van der Waals surface area contributed by atoms with E-state index in [1.807, 2.05) is 0 Å². The number of rotatable bonds is 7. The van der Waals surface area contributed by atoms with Gasteiger partial charge < -0.3 is 11.1 Å². The van der Waals surface area contributed by atoms with Crippen LogP contribution in [-0.2, 0) is 4.79 Å². The van der Waals surface area contributed by atoms with Gasteiger partial charge in [-0.3, -0.25) is 4.79 Å². The van der Waals surface area contributed by atoms with Gasteiger partial charge in [0.1, 0.15) is 0 Å². The van der Waals surface area contributed by atoms with Crippen molar-refractivity contribution in [3.05, 3.63) is 0 Å². The molecule has 0 fully saturated rings. The molecule has 0 radical (unpaired) electrons. The van der Waals surface area contributed by atoms with Crippen LogP contribution in [0.3, 0.4) is 0 Å². The third-order valence-electron chi connectivity index (χ3n) is 3.69. The molecule has 1 amide bonds. The lowest BCUT2D eigenvalue weighted by Crippen LogP contribution is -2.42. The van der Waals surface area contributed by atoms with E-state index in [-0.39, 0.29) is 17.2 Å². The monoisotopic (exact) mass is 242 g/mol. The van der Waals surface area contributed by atoms with Gasteiger partial charge in [0, 0.05) is 13.1 Å². The predicted molar refractivity (Wildman–Crippen MR) is 73.6 cm³/mol. The number of hydrogen-bond donors (Lipinski definition) is 2. The summed E-state index contributed by atoms with van der Waals surface area (Å²) in [5.74, 6) is 1.12. The summed E-state index contributed by atoms with van der Waals surface area (Å²) >= 11 is 0. The van der Waals surface area contributed by atoms with Crippen LogP contribution in [0.25, 0.3) is 0 Å². The maximum absolute atomic E-state index is 12.0. The van der Waals surface area contributed by atoms with Crippen LogP contribution in [0.4, 0.5) is 0 Å². The third kappa shape index (κ3) is 6.06. The summed E-state index contributed by atoms with van der Waals surface area (Å²) in [7, 11) is 0. The van der Waals surface area contributed by atoms with Crippen molar-refractivity contribution in [3.8, 4) is 0 Å². The lowest BCUT2D eigenvalue weighted by Gasteiger charge is -2.30. The minimum atomic E-state index is -0.0436. The third-order valence-corrected chi connectivity index (χ3v) is 3.69. The summed E-state index contributed by atoms with van der Waals surface area (Å²) in [6.07, 6.45) is 0.866. The second-order valence-corrected chi connectivity index (χ2v) is 6.42. The van der Waals surface area contributed by atoms with Gasteiger partial charge in [-0.1, -0.05) is 41.5 Å². The largest absolute Gasteiger partial charge is 0.355 e. The Hall–Kier alpha value is -0.570. The smallest absolute Gasteiger partial charge is 0.224 e. The van der Waals surface area contributed by atoms with Crippen LogP contribution in [-0.4, -0.2) is 19.0 Å². The van der Waals surface area contributed by atoms with Crippen LogP contribution in [0, 0.1) is 23.2 Å². The van der Waals surface area contributed by atoms with Crippen molar-refractivity contribution in [2.24, 2.45) is 28.9 Å². The van der Waals surface area contributed by atoms with Crippen LogP contribution < -0.4 is 11.1 Å². The highest BCUT2D eigenvalue weighted by molar-refractivity contribution is 5.78. The minimum Gasteiger partial charge on any atom is -0.355 e. The summed E-state index contributed by atoms with van der Waals surface area (Å²) in [4.78, 5) is 12.0. The maximum atomic E-state index is 12.0. The lowest BCUT2D eigenvalue weighted by molar-refractivity contribution is -0.125. The van der Waals surface area contributed by atoms with E-state index in [0.29, 0.717) is 18.4 Å². The van der Waals surface area contributed by atoms with E-state index in [0.717, 1.165) is 13.0 Å². The van der Waals surface area contributed by atoms with Crippen LogP contribution in [0.5, 0.6) is 0 Å². The maximum Gasteiger partial charge on any atom is 0.224 e. The van der Waals surface area contributed by atoms with Crippen molar-refractivity contribution >= 4 is 5.91 Å². The first-order chi connectivity index (χ1) is 7.70. The molecule has 0 bridgehead atoms. The number of carbonyl (C=O) groups is 1. The normalized spacial score (nSPS) is 14.2. The van der Waals surface area contributed by atoms with Gasteiger partial charge in [-0.25, -0.2) is 0 Å². The van der Waals surface area contributed by atoms with Crippen molar-refractivity contribution in [2.45, 2.75) is 48.0 Å². The highest BCUT2D eigenvalue weighted by Gasteiger charge is 2.25. The second-order valence-electron chi connectivity index (χ2n) is 6.42. The zero-order valence-electron chi connectivity index (χ0n) is 12.3. The average molecular weight is 242 g/mol. The first-order valence-electron chi connectivity index (χ1n) is 6.68. The van der Waals surface area contributed by atoms with Crippen LogP contribution in [0.15, 0.2) is 0 Å². The zero-order valence-corrected chi connectivity index (χ0v) is 12.3. The van der Waals surface area contributed by atoms with Crippen molar-refractivity contribution in [1.82, 2.24) is 5.32 Å². The molecule has 3 N–H and O–H groups in total. The van der Waals surface area contributed by atoms with Gasteiger partial charge in [-0.15, -0.1) is 0 Å². The molecule has 0 heterocycles. The van der Waals surface area contributed by atoms with Gasteiger partial charge in [0.05, 0.1) is 5.92 Å². The molecule has 1 unspecified atom stereocenters. The molecule has 0 aromatic rings. The van der Waals surface area contributed by atoms with Gasteiger partial charge in [0.2, 0.25) is 5.91 Å². The number of nitrogens with one attached hydrogen (secondary N) is 1. The molecule has 0 saturated heterocycles. The Morgan fingerprint density at radius 1 is 1.24 bits per heavy atom. The Morgan fingerprint density at radius 2 is 1.76 bits per heavy atom. The highest BCUT2D eigenvalue weighted by atomic mass is 16.1. The fraction of sp³-hybridized carbons (Fsp3) is 0.929. The van der Waals surface area contributed by atoms with E-state index in [9.17, 15) is 4.79 Å². The molecular weight excluding hydrogens is 212 g/mol. The Kier molecular flexibility index (Phi) is 6.76. The highest BCUT2D eigenvalue weighted by Crippen LogP contribution is 2.24. The molecular formula is C14H30N2O. The van der Waals surface area contributed by atoms with Gasteiger partial charge in [-0.2, -0.15) is 0 Å². The molecule has 0 aromatic heterocycles. The van der Waals surface area contributed by atoms with E-state index in [1.54, 1.807) is 0 Å². The standard InChI is InChI=1S/C14H30N2O/c1-10(2)7-12(8-15)13(17)16-9-14(5,6)11(3)4/h10-12H,7-9,15H2,1-6H3,(H,16,17). The first kappa shape index (κ1) is 16.4. The molecule has 0 aliphatic rings. The molecule has 3 heteroatoms. The Labute approximate surface area is 107 Å². The van der Waals surface area contributed by atoms with Gasteiger partial charge in [0.25, 0.3) is 0 Å². The van der Waals surface area contributed by atoms with Gasteiger partial charge >= 0.3 is 0 Å². The molecule has 0 aliphatic heterocycles. The van der Waals surface area contributed by atoms with Gasteiger partial charge in [-0.05, 0) is 23.7 Å². The molecule has 0 aliphatic carbocycles. The minimum absolute atomic E-state index is 0.0436.